The van der Waals surface area contributed by atoms with E-state index in [0.717, 1.165) is 19.6 Å². The largest absolute Gasteiger partial charge is 0.352 e. The van der Waals surface area contributed by atoms with Crippen molar-refractivity contribution in [3.8, 4) is 0 Å². The van der Waals surface area contributed by atoms with E-state index in [1.165, 1.54) is 5.82 Å². The summed E-state index contributed by atoms with van der Waals surface area (Å²) in [4.78, 5) is 4.80. The lowest BCUT2D eigenvalue weighted by Crippen LogP contribution is -2.51. The van der Waals surface area contributed by atoms with Crippen LogP contribution in [0, 0.1) is 0 Å². The molecule has 0 radical (unpaired) electrons. The third-order valence-corrected chi connectivity index (χ3v) is 2.92. The highest BCUT2D eigenvalue weighted by atomic mass is 15.4. The van der Waals surface area contributed by atoms with Gasteiger partial charge in [0.2, 0.25) is 0 Å². The van der Waals surface area contributed by atoms with Crippen molar-refractivity contribution in [1.29, 1.82) is 0 Å². The van der Waals surface area contributed by atoms with E-state index in [4.69, 9.17) is 0 Å². The number of piperazine rings is 1. The molecule has 0 N–H and O–H groups in total. The number of hydrogen-bond donors (Lipinski definition) is 0. The van der Waals surface area contributed by atoms with Gasteiger partial charge in [0.15, 0.2) is 0 Å². The van der Waals surface area contributed by atoms with E-state index in [1.54, 1.807) is 0 Å². The molecule has 0 aromatic carbocycles. The second-order valence-electron chi connectivity index (χ2n) is 4.12. The van der Waals surface area contributed by atoms with Crippen molar-refractivity contribution in [2.45, 2.75) is 13.0 Å². The van der Waals surface area contributed by atoms with Crippen molar-refractivity contribution in [2.75, 3.05) is 31.6 Å². The minimum absolute atomic E-state index is 0.573. The van der Waals surface area contributed by atoms with Crippen LogP contribution in [-0.4, -0.2) is 47.4 Å². The number of rotatable bonds is 1. The van der Waals surface area contributed by atoms with Gasteiger partial charge in [0.1, 0.15) is 5.82 Å². The van der Waals surface area contributed by atoms with E-state index in [2.05, 4.69) is 34.9 Å². The molecular formula is C10H18N4. The fraction of sp³-hybridized carbons (Fsp3) is 0.700. The monoisotopic (exact) mass is 194 g/mol. The van der Waals surface area contributed by atoms with Gasteiger partial charge >= 0.3 is 0 Å². The molecular weight excluding hydrogens is 176 g/mol. The average Bonchev–Trinajstić information content (AvgIpc) is 2.52. The zero-order valence-electron chi connectivity index (χ0n) is 9.14. The Balaban J connectivity index is 2.15. The summed E-state index contributed by atoms with van der Waals surface area (Å²) in [6.45, 7) is 5.63. The van der Waals surface area contributed by atoms with Gasteiger partial charge in [-0.05, 0) is 14.0 Å². The molecule has 2 heterocycles. The molecule has 0 spiro atoms. The van der Waals surface area contributed by atoms with Crippen LogP contribution in [0.25, 0.3) is 0 Å². The van der Waals surface area contributed by atoms with Crippen molar-refractivity contribution in [3.63, 3.8) is 0 Å². The lowest BCUT2D eigenvalue weighted by atomic mass is 10.2. The summed E-state index contributed by atoms with van der Waals surface area (Å²) in [5.74, 6) is 1.23. The molecule has 2 rings (SSSR count). The first-order valence-corrected chi connectivity index (χ1v) is 5.11. The number of likely N-dealkylation sites (N-methyl/N-ethyl adjacent to an activating group) is 1. The Bertz CT molecular complexity index is 307. The Morgan fingerprint density at radius 1 is 1.36 bits per heavy atom. The Labute approximate surface area is 85.1 Å². The molecule has 0 bridgehead atoms. The van der Waals surface area contributed by atoms with E-state index in [-0.39, 0.29) is 0 Å². The molecule has 4 heteroatoms. The van der Waals surface area contributed by atoms with Crippen LogP contribution in [-0.2, 0) is 7.05 Å². The van der Waals surface area contributed by atoms with Gasteiger partial charge in [-0.1, -0.05) is 0 Å². The van der Waals surface area contributed by atoms with E-state index in [0.29, 0.717) is 6.04 Å². The highest BCUT2D eigenvalue weighted by Crippen LogP contribution is 2.18. The third-order valence-electron chi connectivity index (χ3n) is 2.92. The summed E-state index contributed by atoms with van der Waals surface area (Å²) >= 11 is 0. The second kappa shape index (κ2) is 3.61. The van der Waals surface area contributed by atoms with Crippen molar-refractivity contribution in [1.82, 2.24) is 14.7 Å². The third kappa shape index (κ3) is 1.62. The number of anilines is 1. The van der Waals surface area contributed by atoms with Crippen molar-refractivity contribution in [3.05, 3.63) is 12.3 Å². The smallest absolute Gasteiger partial charge is 0.126 e. The van der Waals surface area contributed by atoms with Crippen LogP contribution in [0.2, 0.25) is 0 Å². The summed E-state index contributed by atoms with van der Waals surface area (Å²) in [5, 5.41) is 4.21. The number of aromatic nitrogens is 2. The first-order chi connectivity index (χ1) is 6.68. The van der Waals surface area contributed by atoms with Crippen LogP contribution in [0.15, 0.2) is 12.3 Å². The topological polar surface area (TPSA) is 24.3 Å². The lowest BCUT2D eigenvalue weighted by Gasteiger charge is -2.39. The fourth-order valence-electron chi connectivity index (χ4n) is 2.13. The zero-order valence-corrected chi connectivity index (χ0v) is 9.14. The predicted molar refractivity (Wildman–Crippen MR) is 57.5 cm³/mol. The van der Waals surface area contributed by atoms with E-state index in [1.807, 2.05) is 17.9 Å². The van der Waals surface area contributed by atoms with Gasteiger partial charge in [-0.15, -0.1) is 0 Å². The molecule has 14 heavy (non-hydrogen) atoms. The summed E-state index contributed by atoms with van der Waals surface area (Å²) in [7, 11) is 4.18. The number of aryl methyl sites for hydroxylation is 1. The molecule has 1 atom stereocenters. The van der Waals surface area contributed by atoms with Gasteiger partial charge in [0.05, 0.1) is 6.20 Å². The average molecular weight is 194 g/mol. The first kappa shape index (κ1) is 9.52. The molecule has 1 aromatic heterocycles. The molecule has 0 saturated carbocycles. The van der Waals surface area contributed by atoms with Crippen molar-refractivity contribution in [2.24, 2.45) is 7.05 Å². The molecule has 4 nitrogen and oxygen atoms in total. The second-order valence-corrected chi connectivity index (χ2v) is 4.12. The summed E-state index contributed by atoms with van der Waals surface area (Å²) < 4.78 is 1.95. The Hall–Kier alpha value is -1.03. The minimum atomic E-state index is 0.573. The van der Waals surface area contributed by atoms with Crippen LogP contribution in [0.3, 0.4) is 0 Å². The van der Waals surface area contributed by atoms with Gasteiger partial charge in [-0.2, -0.15) is 5.10 Å². The highest BCUT2D eigenvalue weighted by Gasteiger charge is 2.23. The molecule has 78 valence electrons. The molecule has 1 aliphatic rings. The Morgan fingerprint density at radius 3 is 2.71 bits per heavy atom. The fourth-order valence-corrected chi connectivity index (χ4v) is 2.13. The lowest BCUT2D eigenvalue weighted by molar-refractivity contribution is 0.273. The van der Waals surface area contributed by atoms with Crippen LogP contribution in [0.5, 0.6) is 0 Å². The SMILES string of the molecule is C[C@H]1CN(C)CCN1c1ccnn1C. The molecule has 1 saturated heterocycles. The molecule has 1 aromatic rings. The molecule has 1 fully saturated rings. The van der Waals surface area contributed by atoms with Crippen LogP contribution in [0.1, 0.15) is 6.92 Å². The number of hydrogen-bond acceptors (Lipinski definition) is 3. The minimum Gasteiger partial charge on any atom is -0.352 e. The van der Waals surface area contributed by atoms with Gasteiger partial charge in [-0.25, -0.2) is 0 Å². The molecule has 0 aliphatic carbocycles. The predicted octanol–water partition coefficient (Wildman–Crippen LogP) is 0.560. The van der Waals surface area contributed by atoms with E-state index in [9.17, 15) is 0 Å². The highest BCUT2D eigenvalue weighted by molar-refractivity contribution is 5.40. The van der Waals surface area contributed by atoms with E-state index < -0.39 is 0 Å². The van der Waals surface area contributed by atoms with Crippen molar-refractivity contribution >= 4 is 5.82 Å². The van der Waals surface area contributed by atoms with E-state index >= 15 is 0 Å². The van der Waals surface area contributed by atoms with Gasteiger partial charge in [0.25, 0.3) is 0 Å². The Morgan fingerprint density at radius 2 is 2.14 bits per heavy atom. The summed E-state index contributed by atoms with van der Waals surface area (Å²) in [6.07, 6.45) is 1.86. The molecule has 0 unspecified atom stereocenters. The summed E-state index contributed by atoms with van der Waals surface area (Å²) in [5.41, 5.74) is 0. The van der Waals surface area contributed by atoms with Gasteiger partial charge in [-0.3, -0.25) is 4.68 Å². The Kier molecular flexibility index (Phi) is 2.46. The quantitative estimate of drug-likeness (QED) is 0.653. The standard InChI is InChI=1S/C10H18N4/c1-9-8-12(2)6-7-14(9)10-4-5-11-13(10)3/h4-5,9H,6-8H2,1-3H3/t9-/m0/s1. The van der Waals surface area contributed by atoms with Gasteiger partial charge < -0.3 is 9.80 Å². The molecule has 0 amide bonds. The van der Waals surface area contributed by atoms with Crippen LogP contribution in [0.4, 0.5) is 5.82 Å². The maximum absolute atomic E-state index is 4.21. The van der Waals surface area contributed by atoms with Crippen molar-refractivity contribution < 1.29 is 0 Å². The maximum atomic E-state index is 4.21. The first-order valence-electron chi connectivity index (χ1n) is 5.11. The maximum Gasteiger partial charge on any atom is 0.126 e. The summed E-state index contributed by atoms with van der Waals surface area (Å²) in [6, 6.07) is 2.66. The van der Waals surface area contributed by atoms with Gasteiger partial charge in [0, 0.05) is 38.8 Å². The van der Waals surface area contributed by atoms with Crippen LogP contribution < -0.4 is 4.90 Å². The molecule has 1 aliphatic heterocycles. The normalized spacial score (nSPS) is 24.2. The van der Waals surface area contributed by atoms with Crippen LogP contribution >= 0.6 is 0 Å². The number of nitrogens with zero attached hydrogens (tertiary/aromatic N) is 4. The zero-order chi connectivity index (χ0) is 10.1.